The van der Waals surface area contributed by atoms with Gasteiger partial charge >= 0.3 is 0 Å². The average molecular weight is 470 g/mol. The van der Waals surface area contributed by atoms with Gasteiger partial charge in [0.2, 0.25) is 21.8 Å². The first-order chi connectivity index (χ1) is 14.5. The Hall–Kier alpha value is -2.65. The Balaban J connectivity index is 2.38. The van der Waals surface area contributed by atoms with E-state index in [0.29, 0.717) is 21.4 Å². The number of hydrogen-bond donors (Lipinski definition) is 1. The second-order valence-electron chi connectivity index (χ2n) is 6.94. The molecule has 2 aromatic carbocycles. The van der Waals surface area contributed by atoms with Gasteiger partial charge in [0, 0.05) is 18.1 Å². The van der Waals surface area contributed by atoms with Crippen LogP contribution in [-0.2, 0) is 26.2 Å². The molecule has 2 aromatic rings. The number of benzene rings is 2. The summed E-state index contributed by atoms with van der Waals surface area (Å²) in [7, 11) is -3.98. The van der Waals surface area contributed by atoms with Crippen molar-refractivity contribution in [1.29, 1.82) is 0 Å². The lowest BCUT2D eigenvalue weighted by Gasteiger charge is -2.31. The Bertz CT molecular complexity index is 1030. The van der Waals surface area contributed by atoms with Crippen LogP contribution in [-0.4, -0.2) is 50.5 Å². The molecule has 0 aliphatic heterocycles. The smallest absolute Gasteiger partial charge is 0.244 e. The van der Waals surface area contributed by atoms with Crippen molar-refractivity contribution < 1.29 is 22.4 Å². The minimum absolute atomic E-state index is 0.0448. The third-order valence-electron chi connectivity index (χ3n) is 4.58. The number of likely N-dealkylation sites (N-methyl/N-ethyl adjacent to an activating group) is 1. The lowest BCUT2D eigenvalue weighted by atomic mass is 10.1. The van der Waals surface area contributed by atoms with Gasteiger partial charge in [-0.3, -0.25) is 13.9 Å². The number of amides is 2. The summed E-state index contributed by atoms with van der Waals surface area (Å²) >= 11 is 5.91. The maximum Gasteiger partial charge on any atom is 0.244 e. The minimum atomic E-state index is -3.98. The van der Waals surface area contributed by atoms with E-state index < -0.39 is 34.3 Å². The molecule has 0 unspecified atom stereocenters. The van der Waals surface area contributed by atoms with Crippen LogP contribution in [0.3, 0.4) is 0 Å². The first-order valence-corrected chi connectivity index (χ1v) is 11.8. The number of carbonyl (C=O) groups excluding carboxylic acids is 2. The van der Waals surface area contributed by atoms with Crippen molar-refractivity contribution in [2.45, 2.75) is 26.4 Å². The van der Waals surface area contributed by atoms with Gasteiger partial charge < -0.3 is 10.2 Å². The number of nitrogens with one attached hydrogen (secondary N) is 1. The molecule has 0 fully saturated rings. The molecule has 10 heteroatoms. The topological polar surface area (TPSA) is 86.8 Å². The average Bonchev–Trinajstić information content (AvgIpc) is 2.71. The Labute approximate surface area is 186 Å². The van der Waals surface area contributed by atoms with E-state index in [1.807, 2.05) is 0 Å². The van der Waals surface area contributed by atoms with Crippen molar-refractivity contribution in [3.05, 3.63) is 64.9 Å². The van der Waals surface area contributed by atoms with Gasteiger partial charge in [0.05, 0.1) is 11.9 Å². The fourth-order valence-corrected chi connectivity index (χ4v) is 3.92. The fraction of sp³-hybridized carbons (Fsp3) is 0.333. The van der Waals surface area contributed by atoms with Crippen LogP contribution in [0.4, 0.5) is 10.1 Å². The Morgan fingerprint density at radius 1 is 1.13 bits per heavy atom. The summed E-state index contributed by atoms with van der Waals surface area (Å²) in [5.41, 5.74) is 0.459. The molecule has 0 aliphatic rings. The van der Waals surface area contributed by atoms with Crippen LogP contribution in [0.25, 0.3) is 0 Å². The van der Waals surface area contributed by atoms with Gasteiger partial charge in [-0.15, -0.1) is 0 Å². The summed E-state index contributed by atoms with van der Waals surface area (Å²) in [6, 6.07) is 11.1. The van der Waals surface area contributed by atoms with E-state index >= 15 is 0 Å². The van der Waals surface area contributed by atoms with E-state index in [4.69, 9.17) is 11.6 Å². The second kappa shape index (κ2) is 10.6. The molecule has 0 saturated carbocycles. The highest BCUT2D eigenvalue weighted by Gasteiger charge is 2.30. The molecule has 0 bridgehead atoms. The van der Waals surface area contributed by atoms with E-state index in [0.717, 1.165) is 12.3 Å². The molecular formula is C21H25ClFN3O4S. The molecule has 31 heavy (non-hydrogen) atoms. The first kappa shape index (κ1) is 24.6. The molecular weight excluding hydrogens is 445 g/mol. The van der Waals surface area contributed by atoms with Gasteiger partial charge in [-0.1, -0.05) is 35.9 Å². The van der Waals surface area contributed by atoms with Gasteiger partial charge in [0.25, 0.3) is 0 Å². The van der Waals surface area contributed by atoms with Crippen LogP contribution in [0.5, 0.6) is 0 Å². The summed E-state index contributed by atoms with van der Waals surface area (Å²) in [4.78, 5) is 26.9. The summed E-state index contributed by atoms with van der Waals surface area (Å²) in [6.45, 7) is 3.06. The number of hydrogen-bond acceptors (Lipinski definition) is 4. The molecule has 0 heterocycles. The van der Waals surface area contributed by atoms with E-state index in [1.54, 1.807) is 38.1 Å². The van der Waals surface area contributed by atoms with Crippen LogP contribution >= 0.6 is 11.6 Å². The molecule has 2 amide bonds. The predicted molar refractivity (Wildman–Crippen MR) is 119 cm³/mol. The summed E-state index contributed by atoms with van der Waals surface area (Å²) < 4.78 is 39.7. The molecule has 168 valence electrons. The zero-order valence-corrected chi connectivity index (χ0v) is 19.1. The Kier molecular flexibility index (Phi) is 8.41. The van der Waals surface area contributed by atoms with Crippen molar-refractivity contribution in [3.63, 3.8) is 0 Å². The fourth-order valence-electron chi connectivity index (χ4n) is 2.94. The zero-order valence-electron chi connectivity index (χ0n) is 17.5. The zero-order chi connectivity index (χ0) is 23.2. The number of sulfonamides is 1. The standard InChI is InChI=1S/C21H25ClFN3O4S/c1-4-24-21(28)15(2)25(13-16-9-11-17(22)12-10-16)20(27)14-26(31(3,29)30)19-8-6-5-7-18(19)23/h5-12,15H,4,13-14H2,1-3H3,(H,24,28)/t15-/m1/s1. The summed E-state index contributed by atoms with van der Waals surface area (Å²) in [6.07, 6.45) is 0.892. The maximum atomic E-state index is 14.3. The maximum absolute atomic E-state index is 14.3. The first-order valence-electron chi connectivity index (χ1n) is 9.58. The Morgan fingerprint density at radius 2 is 1.74 bits per heavy atom. The van der Waals surface area contributed by atoms with Crippen LogP contribution in [0, 0.1) is 5.82 Å². The van der Waals surface area contributed by atoms with Gasteiger partial charge in [0.15, 0.2) is 0 Å². The van der Waals surface area contributed by atoms with Gasteiger partial charge in [-0.25, -0.2) is 12.8 Å². The Morgan fingerprint density at radius 3 is 2.29 bits per heavy atom. The van der Waals surface area contributed by atoms with Crippen molar-refractivity contribution in [3.8, 4) is 0 Å². The highest BCUT2D eigenvalue weighted by Crippen LogP contribution is 2.22. The second-order valence-corrected chi connectivity index (χ2v) is 9.28. The molecule has 0 aromatic heterocycles. The van der Waals surface area contributed by atoms with Crippen molar-refractivity contribution in [1.82, 2.24) is 10.2 Å². The van der Waals surface area contributed by atoms with E-state index in [9.17, 15) is 22.4 Å². The van der Waals surface area contributed by atoms with E-state index in [1.165, 1.54) is 23.1 Å². The predicted octanol–water partition coefficient (Wildman–Crippen LogP) is 2.80. The third-order valence-corrected chi connectivity index (χ3v) is 5.96. The third kappa shape index (κ3) is 6.67. The minimum Gasteiger partial charge on any atom is -0.355 e. The quantitative estimate of drug-likeness (QED) is 0.611. The van der Waals surface area contributed by atoms with Crippen LogP contribution < -0.4 is 9.62 Å². The lowest BCUT2D eigenvalue weighted by molar-refractivity contribution is -0.139. The number of nitrogens with zero attached hydrogens (tertiary/aromatic N) is 2. The largest absolute Gasteiger partial charge is 0.355 e. The monoisotopic (exact) mass is 469 g/mol. The van der Waals surface area contributed by atoms with Crippen LogP contribution in [0.2, 0.25) is 5.02 Å². The number of anilines is 1. The highest BCUT2D eigenvalue weighted by atomic mass is 35.5. The number of carbonyl (C=O) groups is 2. The molecule has 2 rings (SSSR count). The summed E-state index contributed by atoms with van der Waals surface area (Å²) in [5, 5.41) is 3.17. The molecule has 0 aliphatic carbocycles. The number of halogens is 2. The van der Waals surface area contributed by atoms with E-state index in [2.05, 4.69) is 5.32 Å². The van der Waals surface area contributed by atoms with Crippen LogP contribution in [0.15, 0.2) is 48.5 Å². The van der Waals surface area contributed by atoms with Crippen molar-refractivity contribution in [2.24, 2.45) is 0 Å². The molecule has 1 atom stereocenters. The molecule has 7 nitrogen and oxygen atoms in total. The van der Waals surface area contributed by atoms with Crippen LogP contribution in [0.1, 0.15) is 19.4 Å². The van der Waals surface area contributed by atoms with Gasteiger partial charge in [0.1, 0.15) is 18.4 Å². The number of para-hydroxylation sites is 1. The van der Waals surface area contributed by atoms with Crippen molar-refractivity contribution in [2.75, 3.05) is 23.7 Å². The van der Waals surface area contributed by atoms with Crippen molar-refractivity contribution >= 4 is 39.1 Å². The summed E-state index contributed by atoms with van der Waals surface area (Å²) in [5.74, 6) is -1.81. The lowest BCUT2D eigenvalue weighted by Crippen LogP contribution is -2.51. The normalized spacial score (nSPS) is 12.2. The molecule has 1 N–H and O–H groups in total. The van der Waals surface area contributed by atoms with E-state index in [-0.39, 0.29) is 18.1 Å². The highest BCUT2D eigenvalue weighted by molar-refractivity contribution is 7.92. The van der Waals surface area contributed by atoms with Gasteiger partial charge in [-0.2, -0.15) is 0 Å². The van der Waals surface area contributed by atoms with Gasteiger partial charge in [-0.05, 0) is 43.7 Å². The molecule has 0 saturated heterocycles. The molecule has 0 radical (unpaired) electrons. The molecule has 0 spiro atoms. The SMILES string of the molecule is CCNC(=O)[C@@H](C)N(Cc1ccc(Cl)cc1)C(=O)CN(c1ccccc1F)S(C)(=O)=O. The number of rotatable bonds is 9.